The van der Waals surface area contributed by atoms with Crippen LogP contribution in [0.15, 0.2) is 48.8 Å². The van der Waals surface area contributed by atoms with Gasteiger partial charge in [0.05, 0.1) is 0 Å². The molecule has 1 saturated heterocycles. The van der Waals surface area contributed by atoms with Gasteiger partial charge in [-0.25, -0.2) is 0 Å². The first kappa shape index (κ1) is 13.1. The summed E-state index contributed by atoms with van der Waals surface area (Å²) in [5, 5.41) is 0. The first-order chi connectivity index (χ1) is 9.83. The third-order valence-corrected chi connectivity index (χ3v) is 3.84. The van der Waals surface area contributed by atoms with Crippen LogP contribution in [-0.2, 0) is 0 Å². The minimum atomic E-state index is 0.328. The minimum Gasteiger partial charge on any atom is -0.490 e. The van der Waals surface area contributed by atoms with Gasteiger partial charge in [-0.1, -0.05) is 18.2 Å². The molecule has 1 aliphatic rings. The van der Waals surface area contributed by atoms with E-state index in [1.807, 2.05) is 30.6 Å². The molecule has 2 aromatic rings. The van der Waals surface area contributed by atoms with Crippen LogP contribution >= 0.6 is 0 Å². The number of hydrogen-bond donors (Lipinski definition) is 0. The molecule has 104 valence electrons. The van der Waals surface area contributed by atoms with Crippen molar-refractivity contribution < 1.29 is 4.74 Å². The third-order valence-electron chi connectivity index (χ3n) is 3.84. The first-order valence-corrected chi connectivity index (χ1v) is 7.17. The molecule has 1 aliphatic heterocycles. The van der Waals surface area contributed by atoms with E-state index >= 15 is 0 Å². The van der Waals surface area contributed by atoms with Crippen LogP contribution in [0, 0.1) is 0 Å². The Kier molecular flexibility index (Phi) is 3.97. The lowest BCUT2D eigenvalue weighted by molar-refractivity contribution is 0.115. The normalized spacial score (nSPS) is 17.1. The lowest BCUT2D eigenvalue weighted by Gasteiger charge is -2.30. The quantitative estimate of drug-likeness (QED) is 0.854. The van der Waals surface area contributed by atoms with Crippen LogP contribution in [0.25, 0.3) is 11.1 Å². The molecule has 1 aromatic carbocycles. The van der Waals surface area contributed by atoms with E-state index in [1.54, 1.807) is 0 Å². The predicted octanol–water partition coefficient (Wildman–Crippen LogP) is 3.22. The molecule has 20 heavy (non-hydrogen) atoms. The molecule has 0 N–H and O–H groups in total. The van der Waals surface area contributed by atoms with Crippen molar-refractivity contribution in [1.29, 1.82) is 0 Å². The maximum Gasteiger partial charge on any atom is 0.127 e. The molecule has 0 atom stereocenters. The van der Waals surface area contributed by atoms with Gasteiger partial charge in [-0.15, -0.1) is 0 Å². The van der Waals surface area contributed by atoms with Crippen molar-refractivity contribution in [1.82, 2.24) is 9.88 Å². The van der Waals surface area contributed by atoms with Crippen molar-refractivity contribution in [3.05, 3.63) is 48.8 Å². The van der Waals surface area contributed by atoms with E-state index in [-0.39, 0.29) is 0 Å². The second kappa shape index (κ2) is 6.06. The van der Waals surface area contributed by atoms with Gasteiger partial charge in [0.1, 0.15) is 11.9 Å². The molecule has 0 unspecified atom stereocenters. The lowest BCUT2D eigenvalue weighted by Crippen LogP contribution is -2.35. The average Bonchev–Trinajstić information content (AvgIpc) is 2.51. The SMILES string of the molecule is CN1CCC(Oc2ccccc2-c2ccncc2)CC1. The highest BCUT2D eigenvalue weighted by Gasteiger charge is 2.19. The van der Waals surface area contributed by atoms with Gasteiger partial charge in [-0.05, 0) is 43.7 Å². The van der Waals surface area contributed by atoms with E-state index in [4.69, 9.17) is 4.74 Å². The fraction of sp³-hybridized carbons (Fsp3) is 0.353. The molecule has 0 amide bonds. The van der Waals surface area contributed by atoms with E-state index in [0.29, 0.717) is 6.10 Å². The maximum atomic E-state index is 6.24. The molecule has 3 heteroatoms. The average molecular weight is 268 g/mol. The van der Waals surface area contributed by atoms with Gasteiger partial charge in [0.2, 0.25) is 0 Å². The smallest absolute Gasteiger partial charge is 0.127 e. The number of ether oxygens (including phenoxy) is 1. The number of para-hydroxylation sites is 1. The molecule has 0 saturated carbocycles. The summed E-state index contributed by atoms with van der Waals surface area (Å²) in [5.74, 6) is 0.980. The van der Waals surface area contributed by atoms with Crippen LogP contribution in [0.3, 0.4) is 0 Å². The predicted molar refractivity (Wildman–Crippen MR) is 80.8 cm³/mol. The van der Waals surface area contributed by atoms with Gasteiger partial charge in [0, 0.05) is 31.0 Å². The Bertz CT molecular complexity index is 548. The molecule has 3 nitrogen and oxygen atoms in total. The highest BCUT2D eigenvalue weighted by Crippen LogP contribution is 2.31. The summed E-state index contributed by atoms with van der Waals surface area (Å²) in [7, 11) is 2.17. The topological polar surface area (TPSA) is 25.4 Å². The van der Waals surface area contributed by atoms with Gasteiger partial charge in [-0.3, -0.25) is 4.98 Å². The Morgan fingerprint density at radius 1 is 1.05 bits per heavy atom. The van der Waals surface area contributed by atoms with Crippen LogP contribution in [0.5, 0.6) is 5.75 Å². The van der Waals surface area contributed by atoms with Crippen LogP contribution < -0.4 is 4.74 Å². The van der Waals surface area contributed by atoms with Gasteiger partial charge in [-0.2, -0.15) is 0 Å². The molecule has 1 fully saturated rings. The molecule has 3 rings (SSSR count). The lowest BCUT2D eigenvalue weighted by atomic mass is 10.0. The summed E-state index contributed by atoms with van der Waals surface area (Å²) in [5.41, 5.74) is 2.30. The van der Waals surface area contributed by atoms with Crippen LogP contribution in [0.1, 0.15) is 12.8 Å². The number of likely N-dealkylation sites (tertiary alicyclic amines) is 1. The Hall–Kier alpha value is -1.87. The van der Waals surface area contributed by atoms with E-state index in [9.17, 15) is 0 Å². The number of piperidine rings is 1. The van der Waals surface area contributed by atoms with Crippen LogP contribution in [0.4, 0.5) is 0 Å². The minimum absolute atomic E-state index is 0.328. The van der Waals surface area contributed by atoms with Crippen LogP contribution in [0.2, 0.25) is 0 Å². The van der Waals surface area contributed by atoms with Crippen molar-refractivity contribution >= 4 is 0 Å². The van der Waals surface area contributed by atoms with Crippen molar-refractivity contribution in [3.8, 4) is 16.9 Å². The highest BCUT2D eigenvalue weighted by atomic mass is 16.5. The molecule has 1 aromatic heterocycles. The zero-order valence-corrected chi connectivity index (χ0v) is 11.8. The first-order valence-electron chi connectivity index (χ1n) is 7.17. The van der Waals surface area contributed by atoms with Gasteiger partial charge < -0.3 is 9.64 Å². The Balaban J connectivity index is 1.80. The fourth-order valence-corrected chi connectivity index (χ4v) is 2.62. The van der Waals surface area contributed by atoms with E-state index in [1.165, 1.54) is 0 Å². The van der Waals surface area contributed by atoms with Gasteiger partial charge >= 0.3 is 0 Å². The summed E-state index contributed by atoms with van der Waals surface area (Å²) < 4.78 is 6.24. The number of pyridine rings is 1. The standard InChI is InChI=1S/C17H20N2O/c1-19-12-8-15(9-13-19)20-17-5-3-2-4-16(17)14-6-10-18-11-7-14/h2-7,10-11,15H,8-9,12-13H2,1H3. The van der Waals surface area contributed by atoms with Crippen LogP contribution in [-0.4, -0.2) is 36.1 Å². The van der Waals surface area contributed by atoms with E-state index in [2.05, 4.69) is 35.1 Å². The third kappa shape index (κ3) is 2.99. The zero-order chi connectivity index (χ0) is 13.8. The van der Waals surface area contributed by atoms with E-state index in [0.717, 1.165) is 42.8 Å². The summed E-state index contributed by atoms with van der Waals surface area (Å²) >= 11 is 0. The number of benzene rings is 1. The summed E-state index contributed by atoms with van der Waals surface area (Å²) in [6.07, 6.45) is 6.17. The molecule has 0 spiro atoms. The van der Waals surface area contributed by atoms with Gasteiger partial charge in [0.15, 0.2) is 0 Å². The molecule has 0 bridgehead atoms. The molecular formula is C17H20N2O. The Labute approximate surface area is 120 Å². The van der Waals surface area contributed by atoms with Gasteiger partial charge in [0.25, 0.3) is 0 Å². The number of hydrogen-bond acceptors (Lipinski definition) is 3. The summed E-state index contributed by atoms with van der Waals surface area (Å²) in [6.45, 7) is 2.23. The summed E-state index contributed by atoms with van der Waals surface area (Å²) in [6, 6.07) is 12.3. The number of nitrogens with zero attached hydrogens (tertiary/aromatic N) is 2. The fourth-order valence-electron chi connectivity index (χ4n) is 2.62. The van der Waals surface area contributed by atoms with Crippen molar-refractivity contribution in [2.24, 2.45) is 0 Å². The van der Waals surface area contributed by atoms with E-state index < -0.39 is 0 Å². The highest BCUT2D eigenvalue weighted by molar-refractivity contribution is 5.69. The summed E-state index contributed by atoms with van der Waals surface area (Å²) in [4.78, 5) is 6.43. The molecule has 0 aliphatic carbocycles. The Morgan fingerprint density at radius 3 is 2.50 bits per heavy atom. The largest absolute Gasteiger partial charge is 0.490 e. The number of aromatic nitrogens is 1. The maximum absolute atomic E-state index is 6.24. The second-order valence-electron chi connectivity index (χ2n) is 5.35. The molecular weight excluding hydrogens is 248 g/mol. The molecule has 2 heterocycles. The van der Waals surface area contributed by atoms with Crippen molar-refractivity contribution in [3.63, 3.8) is 0 Å². The molecule has 0 radical (unpaired) electrons. The van der Waals surface area contributed by atoms with Crippen molar-refractivity contribution in [2.75, 3.05) is 20.1 Å². The Morgan fingerprint density at radius 2 is 1.75 bits per heavy atom. The number of rotatable bonds is 3. The van der Waals surface area contributed by atoms with Crippen molar-refractivity contribution in [2.45, 2.75) is 18.9 Å². The zero-order valence-electron chi connectivity index (χ0n) is 11.8. The second-order valence-corrected chi connectivity index (χ2v) is 5.35. The monoisotopic (exact) mass is 268 g/mol.